The van der Waals surface area contributed by atoms with Gasteiger partial charge in [-0.05, 0) is 42.3 Å². The molecule has 0 fully saturated rings. The molecule has 0 N–H and O–H groups in total. The molecule has 0 spiro atoms. The van der Waals surface area contributed by atoms with Gasteiger partial charge in [0.15, 0.2) is 0 Å². The maximum Gasteiger partial charge on any atom is 0.243 e. The quantitative estimate of drug-likeness (QED) is 0.850. The van der Waals surface area contributed by atoms with Crippen LogP contribution in [0.25, 0.3) is 5.69 Å². The van der Waals surface area contributed by atoms with Gasteiger partial charge in [-0.2, -0.15) is 0 Å². The Morgan fingerprint density at radius 1 is 1.33 bits per heavy atom. The van der Waals surface area contributed by atoms with E-state index in [1.165, 1.54) is 0 Å². The van der Waals surface area contributed by atoms with Gasteiger partial charge in [-0.15, -0.1) is 5.10 Å². The van der Waals surface area contributed by atoms with Gasteiger partial charge >= 0.3 is 0 Å². The molecule has 0 aliphatic heterocycles. The predicted octanol–water partition coefficient (Wildman–Crippen LogP) is 3.44. The Labute approximate surface area is 112 Å². The molecule has 18 heavy (non-hydrogen) atoms. The van der Waals surface area contributed by atoms with Gasteiger partial charge in [0.25, 0.3) is 0 Å². The molecule has 5 heteroatoms. The topological polar surface area (TPSA) is 39.9 Å². The highest BCUT2D eigenvalue weighted by atomic mass is 35.5. The van der Waals surface area contributed by atoms with E-state index in [1.807, 2.05) is 24.3 Å². The van der Waals surface area contributed by atoms with Gasteiger partial charge < -0.3 is 4.74 Å². The van der Waals surface area contributed by atoms with Crippen LogP contribution in [0, 0.1) is 0 Å². The van der Waals surface area contributed by atoms with Gasteiger partial charge in [0, 0.05) is 5.92 Å². The van der Waals surface area contributed by atoms with E-state index >= 15 is 0 Å². The molecule has 0 bridgehead atoms. The van der Waals surface area contributed by atoms with Crippen LogP contribution in [0.2, 0.25) is 5.28 Å². The minimum atomic E-state index is 0.279. The maximum atomic E-state index is 5.91. The van der Waals surface area contributed by atoms with Crippen LogP contribution < -0.4 is 4.74 Å². The van der Waals surface area contributed by atoms with Crippen LogP contribution in [-0.2, 0) is 0 Å². The molecule has 1 heterocycles. The minimum Gasteiger partial charge on any atom is -0.497 e. The molecule has 0 saturated heterocycles. The van der Waals surface area contributed by atoms with E-state index in [9.17, 15) is 0 Å². The molecule has 0 saturated carbocycles. The van der Waals surface area contributed by atoms with Crippen LogP contribution in [0.15, 0.2) is 24.3 Å². The van der Waals surface area contributed by atoms with Crippen molar-refractivity contribution in [2.45, 2.75) is 26.2 Å². The maximum absolute atomic E-state index is 5.91. The largest absolute Gasteiger partial charge is 0.497 e. The van der Waals surface area contributed by atoms with Crippen molar-refractivity contribution in [2.75, 3.05) is 7.11 Å². The number of halogens is 1. The first kappa shape index (κ1) is 12.9. The summed E-state index contributed by atoms with van der Waals surface area (Å²) in [7, 11) is 1.64. The Morgan fingerprint density at radius 3 is 2.56 bits per heavy atom. The van der Waals surface area contributed by atoms with Crippen molar-refractivity contribution in [1.82, 2.24) is 14.8 Å². The summed E-state index contributed by atoms with van der Waals surface area (Å²) in [5.41, 5.74) is 0.936. The van der Waals surface area contributed by atoms with Gasteiger partial charge in [0.05, 0.1) is 12.8 Å². The first-order valence-corrected chi connectivity index (χ1v) is 6.30. The summed E-state index contributed by atoms with van der Waals surface area (Å²) in [5.74, 6) is 2.01. The van der Waals surface area contributed by atoms with Crippen molar-refractivity contribution in [3.63, 3.8) is 0 Å². The average Bonchev–Trinajstić information content (AvgIpc) is 2.80. The highest BCUT2D eigenvalue weighted by Gasteiger charge is 2.15. The van der Waals surface area contributed by atoms with Gasteiger partial charge in [-0.1, -0.05) is 13.8 Å². The smallest absolute Gasteiger partial charge is 0.243 e. The fourth-order valence-electron chi connectivity index (χ4n) is 1.71. The number of nitrogens with zero attached hydrogens (tertiary/aromatic N) is 3. The molecule has 0 amide bonds. The highest BCUT2D eigenvalue weighted by Crippen LogP contribution is 2.23. The normalized spacial score (nSPS) is 12.4. The Hall–Kier alpha value is -1.55. The summed E-state index contributed by atoms with van der Waals surface area (Å²) in [6.45, 7) is 4.23. The summed E-state index contributed by atoms with van der Waals surface area (Å²) in [4.78, 5) is 4.29. The number of benzene rings is 1. The van der Waals surface area contributed by atoms with Crippen LogP contribution in [-0.4, -0.2) is 21.9 Å². The van der Waals surface area contributed by atoms with E-state index in [1.54, 1.807) is 11.8 Å². The van der Waals surface area contributed by atoms with Gasteiger partial charge in [0.1, 0.15) is 11.6 Å². The second-order valence-electron chi connectivity index (χ2n) is 4.16. The van der Waals surface area contributed by atoms with Crippen LogP contribution >= 0.6 is 11.6 Å². The standard InChI is InChI=1S/C13H16ClN3O/c1-4-9(2)12-15-13(14)16-17(12)10-5-7-11(18-3)8-6-10/h5-9H,4H2,1-3H3/t9-/m0/s1. The second-order valence-corrected chi connectivity index (χ2v) is 4.50. The summed E-state index contributed by atoms with van der Waals surface area (Å²) >= 11 is 5.91. The molecule has 1 atom stereocenters. The minimum absolute atomic E-state index is 0.279. The van der Waals surface area contributed by atoms with Gasteiger partial charge in [0.2, 0.25) is 5.28 Å². The Morgan fingerprint density at radius 2 is 2.00 bits per heavy atom. The van der Waals surface area contributed by atoms with E-state index in [4.69, 9.17) is 16.3 Å². The zero-order valence-electron chi connectivity index (χ0n) is 10.7. The first-order chi connectivity index (χ1) is 8.65. The lowest BCUT2D eigenvalue weighted by Gasteiger charge is -2.10. The molecule has 0 radical (unpaired) electrons. The third kappa shape index (κ3) is 2.48. The number of aromatic nitrogens is 3. The zero-order valence-corrected chi connectivity index (χ0v) is 11.5. The van der Waals surface area contributed by atoms with Crippen molar-refractivity contribution >= 4 is 11.6 Å². The number of ether oxygens (including phenoxy) is 1. The lowest BCUT2D eigenvalue weighted by atomic mass is 10.1. The lowest BCUT2D eigenvalue weighted by Crippen LogP contribution is -2.06. The molecular formula is C13H16ClN3O. The fourth-order valence-corrected chi connectivity index (χ4v) is 1.88. The van der Waals surface area contributed by atoms with Crippen LogP contribution in [0.1, 0.15) is 32.0 Å². The van der Waals surface area contributed by atoms with Crippen molar-refractivity contribution < 1.29 is 4.74 Å². The van der Waals surface area contributed by atoms with Crippen molar-refractivity contribution in [2.24, 2.45) is 0 Å². The Balaban J connectivity index is 2.42. The summed E-state index contributed by atoms with van der Waals surface area (Å²) < 4.78 is 6.93. The van der Waals surface area contributed by atoms with E-state index < -0.39 is 0 Å². The molecule has 1 aromatic heterocycles. The predicted molar refractivity (Wildman–Crippen MR) is 71.6 cm³/mol. The third-order valence-electron chi connectivity index (χ3n) is 2.98. The Bertz CT molecular complexity index is 522. The molecule has 1 aromatic carbocycles. The Kier molecular flexibility index (Phi) is 3.87. The molecule has 4 nitrogen and oxygen atoms in total. The van der Waals surface area contributed by atoms with Gasteiger partial charge in [-0.25, -0.2) is 9.67 Å². The van der Waals surface area contributed by atoms with E-state index in [0.717, 1.165) is 23.7 Å². The monoisotopic (exact) mass is 265 g/mol. The first-order valence-electron chi connectivity index (χ1n) is 5.92. The fraction of sp³-hybridized carbons (Fsp3) is 0.385. The molecule has 96 valence electrons. The number of hydrogen-bond donors (Lipinski definition) is 0. The van der Waals surface area contributed by atoms with Crippen LogP contribution in [0.3, 0.4) is 0 Å². The van der Waals surface area contributed by atoms with E-state index in [-0.39, 0.29) is 5.28 Å². The highest BCUT2D eigenvalue weighted by molar-refractivity contribution is 6.28. The molecule has 0 unspecified atom stereocenters. The molecule has 2 rings (SSSR count). The van der Waals surface area contributed by atoms with E-state index in [2.05, 4.69) is 23.9 Å². The molecular weight excluding hydrogens is 250 g/mol. The number of methoxy groups -OCH3 is 1. The molecule has 2 aromatic rings. The lowest BCUT2D eigenvalue weighted by molar-refractivity contribution is 0.414. The summed E-state index contributed by atoms with van der Waals surface area (Å²) in [6.07, 6.45) is 0.991. The van der Waals surface area contributed by atoms with Gasteiger partial charge in [-0.3, -0.25) is 0 Å². The third-order valence-corrected chi connectivity index (χ3v) is 3.14. The average molecular weight is 266 g/mol. The van der Waals surface area contributed by atoms with Crippen LogP contribution in [0.4, 0.5) is 0 Å². The number of hydrogen-bond acceptors (Lipinski definition) is 3. The zero-order chi connectivity index (χ0) is 13.1. The van der Waals surface area contributed by atoms with Crippen molar-refractivity contribution in [3.8, 4) is 11.4 Å². The molecule has 0 aliphatic carbocycles. The summed E-state index contributed by atoms with van der Waals surface area (Å²) in [6, 6.07) is 7.67. The molecule has 0 aliphatic rings. The van der Waals surface area contributed by atoms with E-state index in [0.29, 0.717) is 5.92 Å². The van der Waals surface area contributed by atoms with Crippen molar-refractivity contribution in [1.29, 1.82) is 0 Å². The van der Waals surface area contributed by atoms with Crippen molar-refractivity contribution in [3.05, 3.63) is 35.4 Å². The SMILES string of the molecule is CC[C@H](C)c1nc(Cl)nn1-c1ccc(OC)cc1. The second kappa shape index (κ2) is 5.40. The summed E-state index contributed by atoms with van der Waals surface area (Å²) in [5, 5.41) is 4.51. The van der Waals surface area contributed by atoms with Crippen LogP contribution in [0.5, 0.6) is 5.75 Å². The number of rotatable bonds is 4.